The summed E-state index contributed by atoms with van der Waals surface area (Å²) in [6, 6.07) is -0.404. The van der Waals surface area contributed by atoms with Gasteiger partial charge in [0.1, 0.15) is 5.92 Å². The van der Waals surface area contributed by atoms with Crippen molar-refractivity contribution in [2.45, 2.75) is 25.8 Å². The van der Waals surface area contributed by atoms with E-state index >= 15 is 0 Å². The zero-order valence-electron chi connectivity index (χ0n) is 10.6. The molecule has 3 atom stereocenters. The molecular formula is C12H20N2O4. The van der Waals surface area contributed by atoms with Crippen LogP contribution in [0.2, 0.25) is 0 Å². The van der Waals surface area contributed by atoms with Crippen LogP contribution in [0.25, 0.3) is 0 Å². The molecule has 3 N–H and O–H groups in total. The van der Waals surface area contributed by atoms with Gasteiger partial charge in [-0.25, -0.2) is 0 Å². The highest BCUT2D eigenvalue weighted by Gasteiger charge is 2.43. The molecule has 0 aromatic heterocycles. The van der Waals surface area contributed by atoms with Gasteiger partial charge in [-0.05, 0) is 19.4 Å². The van der Waals surface area contributed by atoms with E-state index in [2.05, 4.69) is 10.6 Å². The average molecular weight is 256 g/mol. The molecule has 0 aliphatic carbocycles. The van der Waals surface area contributed by atoms with Crippen LogP contribution in [-0.2, 0) is 14.3 Å². The Labute approximate surface area is 106 Å². The third kappa shape index (κ3) is 2.35. The van der Waals surface area contributed by atoms with Gasteiger partial charge in [0.05, 0.1) is 24.7 Å². The molecule has 0 spiro atoms. The average Bonchev–Trinajstić information content (AvgIpc) is 2.97. The van der Waals surface area contributed by atoms with Crippen molar-refractivity contribution in [2.24, 2.45) is 11.3 Å². The number of carbonyl (C=O) groups excluding carboxylic acids is 1. The van der Waals surface area contributed by atoms with E-state index in [4.69, 9.17) is 9.84 Å². The molecule has 6 nitrogen and oxygen atoms in total. The maximum Gasteiger partial charge on any atom is 0.311 e. The van der Waals surface area contributed by atoms with Gasteiger partial charge in [0, 0.05) is 6.54 Å². The summed E-state index contributed by atoms with van der Waals surface area (Å²) in [4.78, 5) is 23.3. The van der Waals surface area contributed by atoms with E-state index in [0.29, 0.717) is 6.54 Å². The molecule has 2 rings (SSSR count). The fraction of sp³-hybridized carbons (Fsp3) is 0.833. The number of ether oxygens (including phenoxy) is 1. The van der Waals surface area contributed by atoms with Crippen LogP contribution in [0.15, 0.2) is 0 Å². The van der Waals surface area contributed by atoms with Crippen LogP contribution in [0.5, 0.6) is 0 Å². The van der Waals surface area contributed by atoms with Crippen LogP contribution in [0.1, 0.15) is 19.8 Å². The summed E-state index contributed by atoms with van der Waals surface area (Å²) in [6.07, 6.45) is 1.57. The van der Waals surface area contributed by atoms with Crippen LogP contribution < -0.4 is 10.6 Å². The van der Waals surface area contributed by atoms with Gasteiger partial charge < -0.3 is 20.5 Å². The Bertz CT molecular complexity index is 339. The number of hydrogen-bond donors (Lipinski definition) is 3. The van der Waals surface area contributed by atoms with E-state index < -0.39 is 17.9 Å². The second-order valence-electron chi connectivity index (χ2n) is 5.12. The summed E-state index contributed by atoms with van der Waals surface area (Å²) < 4.78 is 5.15. The van der Waals surface area contributed by atoms with Crippen molar-refractivity contribution in [3.8, 4) is 0 Å². The summed E-state index contributed by atoms with van der Waals surface area (Å²) in [5.74, 6) is -1.58. The number of carboxylic acid groups (broad SMARTS) is 1. The molecule has 2 saturated heterocycles. The zero-order chi connectivity index (χ0) is 13.2. The van der Waals surface area contributed by atoms with Crippen molar-refractivity contribution in [1.29, 1.82) is 0 Å². The van der Waals surface area contributed by atoms with E-state index in [-0.39, 0.29) is 24.5 Å². The fourth-order valence-electron chi connectivity index (χ4n) is 2.66. The lowest BCUT2D eigenvalue weighted by atomic mass is 9.83. The van der Waals surface area contributed by atoms with E-state index in [9.17, 15) is 9.59 Å². The number of carbonyl (C=O) groups is 2. The first-order chi connectivity index (χ1) is 8.59. The van der Waals surface area contributed by atoms with Crippen molar-refractivity contribution in [3.05, 3.63) is 0 Å². The number of nitrogens with one attached hydrogen (secondary N) is 2. The summed E-state index contributed by atoms with van der Waals surface area (Å²) >= 11 is 0. The number of carboxylic acids is 1. The van der Waals surface area contributed by atoms with Gasteiger partial charge in [0.25, 0.3) is 0 Å². The molecule has 18 heavy (non-hydrogen) atoms. The fourth-order valence-corrected chi connectivity index (χ4v) is 2.66. The summed E-state index contributed by atoms with van der Waals surface area (Å²) in [5, 5.41) is 15.1. The smallest absolute Gasteiger partial charge is 0.311 e. The number of amides is 1. The summed E-state index contributed by atoms with van der Waals surface area (Å²) in [6.45, 7) is 3.96. The molecule has 1 amide bonds. The SMILES string of the molecule is CCC1(C(=O)NC2COCC2C(=O)O)CCNC1. The van der Waals surface area contributed by atoms with Crippen LogP contribution in [0.3, 0.4) is 0 Å². The molecule has 2 heterocycles. The Morgan fingerprint density at radius 3 is 2.83 bits per heavy atom. The Kier molecular flexibility index (Phi) is 3.87. The Morgan fingerprint density at radius 1 is 1.50 bits per heavy atom. The highest BCUT2D eigenvalue weighted by molar-refractivity contribution is 5.84. The maximum absolute atomic E-state index is 12.3. The first kappa shape index (κ1) is 13.3. The van der Waals surface area contributed by atoms with Gasteiger partial charge >= 0.3 is 5.97 Å². The summed E-state index contributed by atoms with van der Waals surface area (Å²) in [5.41, 5.74) is -0.383. The molecule has 0 aromatic carbocycles. The highest BCUT2D eigenvalue weighted by atomic mass is 16.5. The molecule has 0 bridgehead atoms. The maximum atomic E-state index is 12.3. The predicted octanol–water partition coefficient (Wildman–Crippen LogP) is -0.408. The standard InChI is InChI=1S/C12H20N2O4/c1-2-12(3-4-13-7-12)11(17)14-9-6-18-5-8(9)10(15)16/h8-9,13H,2-7H2,1H3,(H,14,17)(H,15,16). The molecule has 2 aliphatic rings. The number of rotatable bonds is 4. The number of aliphatic carboxylic acids is 1. The van der Waals surface area contributed by atoms with Crippen molar-refractivity contribution >= 4 is 11.9 Å². The lowest BCUT2D eigenvalue weighted by molar-refractivity contribution is -0.142. The van der Waals surface area contributed by atoms with Gasteiger partial charge in [-0.15, -0.1) is 0 Å². The Morgan fingerprint density at radius 2 is 2.28 bits per heavy atom. The van der Waals surface area contributed by atoms with Gasteiger partial charge in [0.2, 0.25) is 5.91 Å². The minimum Gasteiger partial charge on any atom is -0.481 e. The minimum atomic E-state index is -0.909. The van der Waals surface area contributed by atoms with Crippen LogP contribution in [0.4, 0.5) is 0 Å². The zero-order valence-corrected chi connectivity index (χ0v) is 10.6. The third-order valence-corrected chi connectivity index (χ3v) is 4.12. The lowest BCUT2D eigenvalue weighted by Crippen LogP contribution is -2.50. The largest absolute Gasteiger partial charge is 0.481 e. The van der Waals surface area contributed by atoms with Gasteiger partial charge in [-0.3, -0.25) is 9.59 Å². The van der Waals surface area contributed by atoms with Crippen LogP contribution >= 0.6 is 0 Å². The van der Waals surface area contributed by atoms with Crippen LogP contribution in [0, 0.1) is 11.3 Å². The quantitative estimate of drug-likeness (QED) is 0.636. The van der Waals surface area contributed by atoms with Gasteiger partial charge in [-0.1, -0.05) is 6.92 Å². The second kappa shape index (κ2) is 5.24. The van der Waals surface area contributed by atoms with Gasteiger partial charge in [0.15, 0.2) is 0 Å². The minimum absolute atomic E-state index is 0.0447. The summed E-state index contributed by atoms with van der Waals surface area (Å²) in [7, 11) is 0. The van der Waals surface area contributed by atoms with E-state index in [1.165, 1.54) is 0 Å². The molecule has 3 unspecified atom stereocenters. The topological polar surface area (TPSA) is 87.7 Å². The third-order valence-electron chi connectivity index (χ3n) is 4.12. The van der Waals surface area contributed by atoms with E-state index in [1.807, 2.05) is 6.92 Å². The first-order valence-electron chi connectivity index (χ1n) is 6.41. The van der Waals surface area contributed by atoms with Crippen LogP contribution in [-0.4, -0.2) is 49.3 Å². The molecule has 0 aromatic rings. The van der Waals surface area contributed by atoms with Gasteiger partial charge in [-0.2, -0.15) is 0 Å². The highest BCUT2D eigenvalue weighted by Crippen LogP contribution is 2.30. The van der Waals surface area contributed by atoms with Crippen molar-refractivity contribution in [1.82, 2.24) is 10.6 Å². The van der Waals surface area contributed by atoms with E-state index in [0.717, 1.165) is 19.4 Å². The normalized spacial score (nSPS) is 35.6. The van der Waals surface area contributed by atoms with Crippen molar-refractivity contribution in [3.63, 3.8) is 0 Å². The van der Waals surface area contributed by atoms with Crippen molar-refractivity contribution < 1.29 is 19.4 Å². The second-order valence-corrected chi connectivity index (χ2v) is 5.12. The monoisotopic (exact) mass is 256 g/mol. The van der Waals surface area contributed by atoms with E-state index in [1.54, 1.807) is 0 Å². The molecule has 0 radical (unpaired) electrons. The molecule has 2 fully saturated rings. The Balaban J connectivity index is 2.00. The van der Waals surface area contributed by atoms with Crippen molar-refractivity contribution in [2.75, 3.05) is 26.3 Å². The lowest BCUT2D eigenvalue weighted by Gasteiger charge is -2.28. The molecule has 2 aliphatic heterocycles. The predicted molar refractivity (Wildman–Crippen MR) is 64.1 cm³/mol. The number of hydrogen-bond acceptors (Lipinski definition) is 4. The first-order valence-corrected chi connectivity index (χ1v) is 6.41. The Hall–Kier alpha value is -1.14. The molecule has 6 heteroatoms. The molecule has 102 valence electrons. The molecular weight excluding hydrogens is 236 g/mol. The molecule has 0 saturated carbocycles.